The maximum atomic E-state index is 7.51. The van der Waals surface area contributed by atoms with Crippen molar-refractivity contribution in [1.82, 2.24) is 0 Å². The Labute approximate surface area is 132 Å². The van der Waals surface area contributed by atoms with E-state index in [0.717, 1.165) is 5.75 Å². The number of rotatable bonds is 3. The van der Waals surface area contributed by atoms with E-state index in [2.05, 4.69) is 45.0 Å². The van der Waals surface area contributed by atoms with Crippen LogP contribution in [0.4, 0.5) is 0 Å². The first-order chi connectivity index (χ1) is 10.5. The van der Waals surface area contributed by atoms with Gasteiger partial charge in [-0.1, -0.05) is 69.3 Å². The molecule has 3 nitrogen and oxygen atoms in total. The van der Waals surface area contributed by atoms with Gasteiger partial charge >= 0.3 is 0 Å². The van der Waals surface area contributed by atoms with E-state index in [1.807, 2.05) is 30.3 Å². The number of ether oxygens (including phenoxy) is 1. The van der Waals surface area contributed by atoms with Gasteiger partial charge in [-0.15, -0.1) is 0 Å². The molecular formula is C19H23NO2. The van der Waals surface area contributed by atoms with Gasteiger partial charge in [0.15, 0.2) is 0 Å². The second kappa shape index (κ2) is 8.86. The summed E-state index contributed by atoms with van der Waals surface area (Å²) >= 11 is 0. The molecule has 0 unspecified atom stereocenters. The van der Waals surface area contributed by atoms with E-state index >= 15 is 0 Å². The normalized spacial score (nSPS) is 10.1. The summed E-state index contributed by atoms with van der Waals surface area (Å²) in [6.45, 7) is 6.86. The molecule has 0 spiro atoms. The summed E-state index contributed by atoms with van der Waals surface area (Å²) in [4.78, 5) is 0. The molecule has 0 radical (unpaired) electrons. The molecule has 0 saturated heterocycles. The van der Waals surface area contributed by atoms with Crippen LogP contribution < -0.4 is 4.74 Å². The first kappa shape index (κ1) is 17.7. The van der Waals surface area contributed by atoms with Crippen molar-refractivity contribution in [1.29, 1.82) is 5.26 Å². The Morgan fingerprint density at radius 2 is 1.55 bits per heavy atom. The molecule has 0 aliphatic rings. The van der Waals surface area contributed by atoms with Gasteiger partial charge < -0.3 is 9.84 Å². The Bertz CT molecular complexity index is 595. The van der Waals surface area contributed by atoms with Crippen LogP contribution in [-0.4, -0.2) is 11.7 Å². The second-order valence-corrected chi connectivity index (χ2v) is 5.84. The van der Waals surface area contributed by atoms with Crippen LogP contribution in [0.25, 0.3) is 0 Å². The van der Waals surface area contributed by atoms with Crippen LogP contribution >= 0.6 is 0 Å². The van der Waals surface area contributed by atoms with Crippen molar-refractivity contribution >= 4 is 0 Å². The molecule has 0 aliphatic heterocycles. The van der Waals surface area contributed by atoms with Gasteiger partial charge in [-0.2, -0.15) is 5.26 Å². The van der Waals surface area contributed by atoms with Crippen LogP contribution in [-0.2, 0) is 12.0 Å². The summed E-state index contributed by atoms with van der Waals surface area (Å²) in [6, 6.07) is 20.0. The number of aliphatic hydroxyl groups is 1. The van der Waals surface area contributed by atoms with Crippen LogP contribution in [0.5, 0.6) is 5.75 Å². The Kier molecular flexibility index (Phi) is 7.15. The van der Waals surface area contributed by atoms with Crippen molar-refractivity contribution in [2.24, 2.45) is 0 Å². The van der Waals surface area contributed by atoms with Crippen molar-refractivity contribution in [3.8, 4) is 11.8 Å². The fraction of sp³-hybridized carbons (Fsp3) is 0.316. The summed E-state index contributed by atoms with van der Waals surface area (Å²) < 4.78 is 5.95. The highest BCUT2D eigenvalue weighted by Crippen LogP contribution is 2.31. The van der Waals surface area contributed by atoms with Gasteiger partial charge in [0.05, 0.1) is 6.07 Å². The number of nitriles is 1. The quantitative estimate of drug-likeness (QED) is 0.869. The van der Waals surface area contributed by atoms with Gasteiger partial charge in [0.25, 0.3) is 0 Å². The zero-order valence-electron chi connectivity index (χ0n) is 13.4. The van der Waals surface area contributed by atoms with E-state index in [4.69, 9.17) is 15.1 Å². The Hall–Kier alpha value is -2.31. The molecule has 3 heteroatoms. The highest BCUT2D eigenvalue weighted by Gasteiger charge is 2.18. The van der Waals surface area contributed by atoms with E-state index in [-0.39, 0.29) is 12.0 Å². The lowest BCUT2D eigenvalue weighted by molar-refractivity contribution is 0.297. The number of benzene rings is 2. The minimum atomic E-state index is -0.375. The SMILES string of the molecule is CC(C)(C)c1ccccc1OCc1ccccc1.N#CCO. The lowest BCUT2D eigenvalue weighted by Crippen LogP contribution is -2.13. The van der Waals surface area contributed by atoms with E-state index in [1.54, 1.807) is 0 Å². The van der Waals surface area contributed by atoms with Crippen LogP contribution in [0.3, 0.4) is 0 Å². The largest absolute Gasteiger partial charge is 0.489 e. The van der Waals surface area contributed by atoms with Gasteiger partial charge in [0.1, 0.15) is 19.0 Å². The highest BCUT2D eigenvalue weighted by molar-refractivity contribution is 5.38. The molecule has 2 rings (SSSR count). The standard InChI is InChI=1S/C17H20O.C2H3NO/c1-17(2,3)15-11-7-8-12-16(15)18-13-14-9-5-4-6-10-14;3-1-2-4/h4-12H,13H2,1-3H3;4H,2H2. The average Bonchev–Trinajstić information content (AvgIpc) is 2.53. The smallest absolute Gasteiger partial charge is 0.130 e. The molecule has 0 amide bonds. The molecule has 0 heterocycles. The van der Waals surface area contributed by atoms with Crippen molar-refractivity contribution in [2.75, 3.05) is 6.61 Å². The van der Waals surface area contributed by atoms with Gasteiger partial charge in [-0.3, -0.25) is 0 Å². The summed E-state index contributed by atoms with van der Waals surface area (Å²) in [5.74, 6) is 0.980. The zero-order chi connectivity index (χ0) is 16.4. The van der Waals surface area contributed by atoms with Crippen LogP contribution in [0.2, 0.25) is 0 Å². The summed E-state index contributed by atoms with van der Waals surface area (Å²) in [6.07, 6.45) is 0. The summed E-state index contributed by atoms with van der Waals surface area (Å²) in [5.41, 5.74) is 2.55. The second-order valence-electron chi connectivity index (χ2n) is 5.84. The third-order valence-electron chi connectivity index (χ3n) is 3.00. The van der Waals surface area contributed by atoms with Crippen LogP contribution in [0.15, 0.2) is 54.6 Å². The predicted octanol–water partition coefficient (Wildman–Crippen LogP) is 4.07. The molecule has 1 N–H and O–H groups in total. The molecule has 116 valence electrons. The topological polar surface area (TPSA) is 53.2 Å². The lowest BCUT2D eigenvalue weighted by atomic mass is 9.86. The van der Waals surface area contributed by atoms with Crippen LogP contribution in [0.1, 0.15) is 31.9 Å². The molecule has 2 aromatic carbocycles. The molecule has 2 aromatic rings. The average molecular weight is 297 g/mol. The maximum Gasteiger partial charge on any atom is 0.130 e. The molecule has 0 atom stereocenters. The van der Waals surface area contributed by atoms with Gasteiger partial charge in [0, 0.05) is 0 Å². The molecule has 0 aliphatic carbocycles. The fourth-order valence-corrected chi connectivity index (χ4v) is 1.95. The Morgan fingerprint density at radius 3 is 2.09 bits per heavy atom. The summed E-state index contributed by atoms with van der Waals surface area (Å²) in [7, 11) is 0. The minimum absolute atomic E-state index is 0.104. The van der Waals surface area contributed by atoms with Crippen molar-refractivity contribution in [2.45, 2.75) is 32.8 Å². The van der Waals surface area contributed by atoms with Gasteiger partial charge in [0.2, 0.25) is 0 Å². The number of hydrogen-bond acceptors (Lipinski definition) is 3. The number of nitrogens with zero attached hydrogens (tertiary/aromatic N) is 1. The zero-order valence-corrected chi connectivity index (χ0v) is 13.4. The minimum Gasteiger partial charge on any atom is -0.489 e. The molecule has 0 bridgehead atoms. The van der Waals surface area contributed by atoms with Crippen molar-refractivity contribution in [3.05, 3.63) is 65.7 Å². The molecular weight excluding hydrogens is 274 g/mol. The Balaban J connectivity index is 0.000000541. The molecule has 0 saturated carbocycles. The number of para-hydroxylation sites is 1. The molecule has 0 fully saturated rings. The van der Waals surface area contributed by atoms with Crippen molar-refractivity contribution < 1.29 is 9.84 Å². The first-order valence-electron chi connectivity index (χ1n) is 7.23. The lowest BCUT2D eigenvalue weighted by Gasteiger charge is -2.22. The predicted molar refractivity (Wildman–Crippen MR) is 88.6 cm³/mol. The molecule has 22 heavy (non-hydrogen) atoms. The number of aliphatic hydroxyl groups excluding tert-OH is 1. The van der Waals surface area contributed by atoms with Gasteiger partial charge in [-0.25, -0.2) is 0 Å². The van der Waals surface area contributed by atoms with E-state index < -0.39 is 0 Å². The highest BCUT2D eigenvalue weighted by atomic mass is 16.5. The monoisotopic (exact) mass is 297 g/mol. The Morgan fingerprint density at radius 1 is 1.00 bits per heavy atom. The maximum absolute atomic E-state index is 7.51. The third kappa shape index (κ3) is 5.99. The van der Waals surface area contributed by atoms with E-state index in [9.17, 15) is 0 Å². The van der Waals surface area contributed by atoms with E-state index in [0.29, 0.717) is 6.61 Å². The fourth-order valence-electron chi connectivity index (χ4n) is 1.95. The summed E-state index contributed by atoms with van der Waals surface area (Å²) in [5, 5.41) is 14.9. The molecule has 0 aromatic heterocycles. The third-order valence-corrected chi connectivity index (χ3v) is 3.00. The van der Waals surface area contributed by atoms with Crippen LogP contribution in [0, 0.1) is 11.3 Å². The van der Waals surface area contributed by atoms with E-state index in [1.165, 1.54) is 17.2 Å². The van der Waals surface area contributed by atoms with Gasteiger partial charge in [-0.05, 0) is 22.6 Å². The number of hydrogen-bond donors (Lipinski definition) is 1. The first-order valence-corrected chi connectivity index (χ1v) is 7.23. The van der Waals surface area contributed by atoms with Crippen molar-refractivity contribution in [3.63, 3.8) is 0 Å².